The maximum absolute atomic E-state index is 10.5. The minimum atomic E-state index is -0.397. The Hall–Kier alpha value is -1.17. The average Bonchev–Trinajstić information content (AvgIpc) is 2.70. The lowest BCUT2D eigenvalue weighted by molar-refractivity contribution is -0.380. The Labute approximate surface area is 98.0 Å². The third-order valence-electron chi connectivity index (χ3n) is 3.02. The summed E-state index contributed by atoms with van der Waals surface area (Å²) in [4.78, 5) is 14.1. The highest BCUT2D eigenvalue weighted by Gasteiger charge is 2.20. The van der Waals surface area contributed by atoms with E-state index in [1.165, 1.54) is 19.0 Å². The van der Waals surface area contributed by atoms with E-state index in [1.807, 2.05) is 0 Å². The molecule has 0 atom stereocenters. The first-order valence-corrected chi connectivity index (χ1v) is 6.33. The monoisotopic (exact) mass is 241 g/mol. The first-order valence-electron chi connectivity index (χ1n) is 5.52. The summed E-state index contributed by atoms with van der Waals surface area (Å²) in [7, 11) is 0. The molecule has 16 heavy (non-hydrogen) atoms. The molecule has 1 aromatic heterocycles. The largest absolute Gasteiger partial charge is 0.359 e. The maximum Gasteiger partial charge on any atom is 0.345 e. The van der Waals surface area contributed by atoms with Gasteiger partial charge in [-0.05, 0) is 42.9 Å². The molecule has 1 saturated carbocycles. The van der Waals surface area contributed by atoms with E-state index < -0.39 is 4.92 Å². The summed E-state index contributed by atoms with van der Waals surface area (Å²) in [5.74, 6) is 0.809. The van der Waals surface area contributed by atoms with Crippen LogP contribution in [0, 0.1) is 16.0 Å². The minimum Gasteiger partial charge on any atom is -0.359 e. The predicted octanol–water partition coefficient (Wildman–Crippen LogP) is 3.04. The van der Waals surface area contributed by atoms with Crippen LogP contribution in [0.25, 0.3) is 0 Å². The summed E-state index contributed by atoms with van der Waals surface area (Å²) in [6.07, 6.45) is 6.04. The fourth-order valence-electron chi connectivity index (χ4n) is 2.00. The van der Waals surface area contributed by atoms with Gasteiger partial charge in [0.1, 0.15) is 6.20 Å². The minimum absolute atomic E-state index is 0.103. The molecule has 0 unspecified atom stereocenters. The van der Waals surface area contributed by atoms with E-state index in [1.54, 1.807) is 0 Å². The summed E-state index contributed by atoms with van der Waals surface area (Å²) >= 11 is 1.11. The first kappa shape index (κ1) is 11.3. The summed E-state index contributed by atoms with van der Waals surface area (Å²) < 4.78 is 0. The number of hydrogen-bond acceptors (Lipinski definition) is 5. The van der Waals surface area contributed by atoms with Crippen LogP contribution in [-0.4, -0.2) is 15.9 Å². The van der Waals surface area contributed by atoms with Gasteiger partial charge >= 0.3 is 5.00 Å². The van der Waals surface area contributed by atoms with Crippen molar-refractivity contribution >= 4 is 21.5 Å². The number of nitro groups is 1. The van der Waals surface area contributed by atoms with E-state index in [9.17, 15) is 10.1 Å². The number of nitrogens with zero attached hydrogens (tertiary/aromatic N) is 2. The standard InChI is InChI=1S/C10H15N3O2S/c1-7-2-4-8(5-3-7)12-10-11-6-9(16-10)13(14)15/h6-8H,2-5H2,1H3,(H,11,12). The van der Waals surface area contributed by atoms with Gasteiger partial charge in [0.25, 0.3) is 0 Å². The van der Waals surface area contributed by atoms with Crippen molar-refractivity contribution in [2.45, 2.75) is 38.6 Å². The summed E-state index contributed by atoms with van der Waals surface area (Å²) in [6.45, 7) is 2.27. The van der Waals surface area contributed by atoms with Crippen molar-refractivity contribution in [2.75, 3.05) is 5.32 Å². The third kappa shape index (κ3) is 2.69. The Morgan fingerprint density at radius 1 is 1.50 bits per heavy atom. The number of nitrogens with one attached hydrogen (secondary N) is 1. The van der Waals surface area contributed by atoms with Crippen LogP contribution >= 0.6 is 11.3 Å². The molecule has 2 rings (SSSR count). The molecule has 1 fully saturated rings. The van der Waals surface area contributed by atoms with Crippen molar-refractivity contribution in [1.29, 1.82) is 0 Å². The van der Waals surface area contributed by atoms with E-state index >= 15 is 0 Å². The molecule has 0 saturated heterocycles. The SMILES string of the molecule is CC1CCC(Nc2ncc([N+](=O)[O-])s2)CC1. The molecular formula is C10H15N3O2S. The second-order valence-electron chi connectivity index (χ2n) is 4.36. The Morgan fingerprint density at radius 3 is 2.75 bits per heavy atom. The van der Waals surface area contributed by atoms with Crippen LogP contribution in [0.5, 0.6) is 0 Å². The van der Waals surface area contributed by atoms with Gasteiger partial charge in [-0.2, -0.15) is 0 Å². The zero-order chi connectivity index (χ0) is 11.5. The van der Waals surface area contributed by atoms with Gasteiger partial charge in [0.05, 0.1) is 4.92 Å². The first-order chi connectivity index (χ1) is 7.65. The molecule has 0 amide bonds. The third-order valence-corrected chi connectivity index (χ3v) is 3.90. The number of anilines is 1. The number of aromatic nitrogens is 1. The maximum atomic E-state index is 10.5. The van der Waals surface area contributed by atoms with Crippen LogP contribution in [0.1, 0.15) is 32.6 Å². The van der Waals surface area contributed by atoms with Gasteiger partial charge < -0.3 is 5.32 Å². The van der Waals surface area contributed by atoms with Crippen LogP contribution < -0.4 is 5.32 Å². The highest BCUT2D eigenvalue weighted by atomic mass is 32.1. The van der Waals surface area contributed by atoms with Crippen molar-refractivity contribution in [1.82, 2.24) is 4.98 Å². The van der Waals surface area contributed by atoms with Crippen LogP contribution in [0.15, 0.2) is 6.20 Å². The Balaban J connectivity index is 1.91. The molecule has 1 aromatic rings. The van der Waals surface area contributed by atoms with Gasteiger partial charge in [-0.15, -0.1) is 0 Å². The van der Waals surface area contributed by atoms with Crippen LogP contribution in [0.4, 0.5) is 10.1 Å². The molecule has 0 aromatic carbocycles. The summed E-state index contributed by atoms with van der Waals surface area (Å²) in [6, 6.07) is 0.432. The van der Waals surface area contributed by atoms with E-state index in [0.29, 0.717) is 11.2 Å². The molecule has 5 nitrogen and oxygen atoms in total. The second kappa shape index (κ2) is 4.78. The second-order valence-corrected chi connectivity index (χ2v) is 5.37. The van der Waals surface area contributed by atoms with Gasteiger partial charge in [-0.25, -0.2) is 4.98 Å². The Bertz CT molecular complexity index is 372. The lowest BCUT2D eigenvalue weighted by Crippen LogP contribution is -2.24. The van der Waals surface area contributed by atoms with E-state index in [2.05, 4.69) is 17.2 Å². The van der Waals surface area contributed by atoms with Gasteiger partial charge in [-0.3, -0.25) is 10.1 Å². The van der Waals surface area contributed by atoms with E-state index in [0.717, 1.165) is 30.1 Å². The number of hydrogen-bond donors (Lipinski definition) is 1. The van der Waals surface area contributed by atoms with Crippen molar-refractivity contribution < 1.29 is 4.92 Å². The highest BCUT2D eigenvalue weighted by Crippen LogP contribution is 2.29. The van der Waals surface area contributed by atoms with Crippen molar-refractivity contribution in [3.63, 3.8) is 0 Å². The lowest BCUT2D eigenvalue weighted by Gasteiger charge is -2.26. The molecule has 0 aliphatic heterocycles. The molecule has 0 bridgehead atoms. The molecule has 1 heterocycles. The van der Waals surface area contributed by atoms with Gasteiger partial charge in [0.15, 0.2) is 5.13 Å². The highest BCUT2D eigenvalue weighted by molar-refractivity contribution is 7.18. The van der Waals surface area contributed by atoms with E-state index in [-0.39, 0.29) is 5.00 Å². The lowest BCUT2D eigenvalue weighted by atomic mass is 9.87. The normalized spacial score (nSPS) is 25.3. The van der Waals surface area contributed by atoms with Gasteiger partial charge in [0.2, 0.25) is 0 Å². The fourth-order valence-corrected chi connectivity index (χ4v) is 2.70. The predicted molar refractivity (Wildman–Crippen MR) is 63.8 cm³/mol. The molecule has 1 N–H and O–H groups in total. The molecule has 0 radical (unpaired) electrons. The van der Waals surface area contributed by atoms with Crippen molar-refractivity contribution in [2.24, 2.45) is 5.92 Å². The van der Waals surface area contributed by atoms with Crippen LogP contribution in [0.2, 0.25) is 0 Å². The number of thiazole rings is 1. The van der Waals surface area contributed by atoms with Crippen molar-refractivity contribution in [3.05, 3.63) is 16.3 Å². The zero-order valence-electron chi connectivity index (χ0n) is 9.18. The number of rotatable bonds is 3. The molecule has 1 aliphatic carbocycles. The van der Waals surface area contributed by atoms with Crippen molar-refractivity contribution in [3.8, 4) is 0 Å². The quantitative estimate of drug-likeness (QED) is 0.652. The topological polar surface area (TPSA) is 68.1 Å². The van der Waals surface area contributed by atoms with E-state index in [4.69, 9.17) is 0 Å². The average molecular weight is 241 g/mol. The van der Waals surface area contributed by atoms with Gasteiger partial charge in [-0.1, -0.05) is 6.92 Å². The van der Waals surface area contributed by atoms with Crippen LogP contribution in [-0.2, 0) is 0 Å². The summed E-state index contributed by atoms with van der Waals surface area (Å²) in [5, 5.41) is 14.6. The Kier molecular flexibility index (Phi) is 3.38. The Morgan fingerprint density at radius 2 is 2.19 bits per heavy atom. The molecule has 0 spiro atoms. The molecule has 88 valence electrons. The zero-order valence-corrected chi connectivity index (χ0v) is 10.00. The smallest absolute Gasteiger partial charge is 0.345 e. The molecular weight excluding hydrogens is 226 g/mol. The van der Waals surface area contributed by atoms with Crippen LogP contribution in [0.3, 0.4) is 0 Å². The fraction of sp³-hybridized carbons (Fsp3) is 0.700. The van der Waals surface area contributed by atoms with Gasteiger partial charge in [0, 0.05) is 6.04 Å². The molecule has 6 heteroatoms. The summed E-state index contributed by atoms with van der Waals surface area (Å²) in [5.41, 5.74) is 0. The molecule has 1 aliphatic rings.